The number of sulfonamides is 1. The number of methoxy groups -OCH3 is 1. The number of ether oxygens (including phenoxy) is 1. The van der Waals surface area contributed by atoms with Crippen molar-refractivity contribution in [2.75, 3.05) is 13.7 Å². The van der Waals surface area contributed by atoms with Crippen LogP contribution in [0.2, 0.25) is 0 Å². The molecule has 2 N–H and O–H groups in total. The summed E-state index contributed by atoms with van der Waals surface area (Å²) in [6, 6.07) is 4.34. The molecule has 0 unspecified atom stereocenters. The molecule has 0 atom stereocenters. The van der Waals surface area contributed by atoms with E-state index >= 15 is 0 Å². The minimum atomic E-state index is -3.77. The zero-order valence-electron chi connectivity index (χ0n) is 17.5. The molecular weight excluding hydrogens is 388 g/mol. The van der Waals surface area contributed by atoms with Gasteiger partial charge in [-0.25, -0.2) is 13.1 Å². The van der Waals surface area contributed by atoms with Crippen molar-refractivity contribution < 1.29 is 17.9 Å². The van der Waals surface area contributed by atoms with Crippen molar-refractivity contribution in [2.24, 2.45) is 23.2 Å². The summed E-state index contributed by atoms with van der Waals surface area (Å²) in [5, 5.41) is 3.12. The third kappa shape index (κ3) is 4.17. The quantitative estimate of drug-likeness (QED) is 0.709. The van der Waals surface area contributed by atoms with Crippen molar-refractivity contribution in [1.82, 2.24) is 10.0 Å². The first kappa shape index (κ1) is 20.7. The van der Waals surface area contributed by atoms with Gasteiger partial charge in [0.05, 0.1) is 7.11 Å². The van der Waals surface area contributed by atoms with Gasteiger partial charge in [0.15, 0.2) is 0 Å². The van der Waals surface area contributed by atoms with Crippen molar-refractivity contribution in [3.05, 3.63) is 23.8 Å². The molecule has 4 aliphatic rings. The summed E-state index contributed by atoms with van der Waals surface area (Å²) in [5.74, 6) is 2.51. The Balaban J connectivity index is 1.50. The largest absolute Gasteiger partial charge is 0.495 e. The Labute approximate surface area is 173 Å². The summed E-state index contributed by atoms with van der Waals surface area (Å²) in [5.41, 5.74) is 0.588. The monoisotopic (exact) mass is 420 g/mol. The van der Waals surface area contributed by atoms with Gasteiger partial charge in [0, 0.05) is 18.2 Å². The minimum absolute atomic E-state index is 0.00356. The highest BCUT2D eigenvalue weighted by Crippen LogP contribution is 2.59. The summed E-state index contributed by atoms with van der Waals surface area (Å²) in [6.07, 6.45) is 7.78. The number of rotatable bonds is 7. The van der Waals surface area contributed by atoms with Gasteiger partial charge >= 0.3 is 0 Å². The molecule has 0 radical (unpaired) electrons. The molecule has 160 valence electrons. The Kier molecular flexibility index (Phi) is 5.40. The molecule has 29 heavy (non-hydrogen) atoms. The second kappa shape index (κ2) is 7.58. The van der Waals surface area contributed by atoms with Crippen molar-refractivity contribution >= 4 is 15.9 Å². The maximum absolute atomic E-state index is 12.9. The van der Waals surface area contributed by atoms with Gasteiger partial charge in [0.2, 0.25) is 10.0 Å². The molecule has 1 amide bonds. The van der Waals surface area contributed by atoms with E-state index < -0.39 is 10.0 Å². The lowest BCUT2D eigenvalue weighted by Crippen LogP contribution is -2.51. The van der Waals surface area contributed by atoms with E-state index in [1.165, 1.54) is 51.7 Å². The summed E-state index contributed by atoms with van der Waals surface area (Å²) in [7, 11) is -2.34. The molecule has 1 aromatic carbocycles. The van der Waals surface area contributed by atoms with Gasteiger partial charge < -0.3 is 10.1 Å². The van der Waals surface area contributed by atoms with Crippen LogP contribution in [0, 0.1) is 23.2 Å². The number of hydrogen-bond donors (Lipinski definition) is 2. The van der Waals surface area contributed by atoms with Crippen LogP contribution in [0.5, 0.6) is 5.75 Å². The summed E-state index contributed by atoms with van der Waals surface area (Å²) in [4.78, 5) is 12.9. The first-order chi connectivity index (χ1) is 13.7. The van der Waals surface area contributed by atoms with Gasteiger partial charge in [-0.3, -0.25) is 4.79 Å². The fraction of sp³-hybridized carbons (Fsp3) is 0.682. The minimum Gasteiger partial charge on any atom is -0.495 e. The zero-order valence-corrected chi connectivity index (χ0v) is 18.3. The normalized spacial score (nSPS) is 30.6. The molecule has 1 aromatic rings. The smallest absolute Gasteiger partial charge is 0.251 e. The Hall–Kier alpha value is -1.60. The molecule has 4 aliphatic carbocycles. The number of carbonyl (C=O) groups excluding carboxylic acids is 1. The number of carbonyl (C=O) groups is 1. The molecule has 7 heteroatoms. The van der Waals surface area contributed by atoms with Crippen LogP contribution >= 0.6 is 0 Å². The van der Waals surface area contributed by atoms with Crippen molar-refractivity contribution in [3.63, 3.8) is 0 Å². The average Bonchev–Trinajstić information content (AvgIpc) is 2.63. The molecule has 0 aliphatic heterocycles. The lowest BCUT2D eigenvalue weighted by molar-refractivity contribution is -0.0503. The SMILES string of the molecule is COc1ccc(C(=O)NCC23CC4CC(CC(C4)C2)C3)cc1S(=O)(=O)NC(C)C. The van der Waals surface area contributed by atoms with E-state index in [0.717, 1.165) is 17.8 Å². The maximum atomic E-state index is 12.9. The van der Waals surface area contributed by atoms with Crippen molar-refractivity contribution in [1.29, 1.82) is 0 Å². The first-order valence-electron chi connectivity index (χ1n) is 10.7. The van der Waals surface area contributed by atoms with Crippen LogP contribution in [-0.4, -0.2) is 34.0 Å². The Morgan fingerprint density at radius 1 is 1.14 bits per heavy atom. The zero-order chi connectivity index (χ0) is 20.8. The van der Waals surface area contributed by atoms with E-state index in [9.17, 15) is 13.2 Å². The van der Waals surface area contributed by atoms with Gasteiger partial charge in [0.25, 0.3) is 5.91 Å². The number of nitrogens with one attached hydrogen (secondary N) is 2. The van der Waals surface area contributed by atoms with E-state index in [1.807, 2.05) is 0 Å². The molecule has 6 nitrogen and oxygen atoms in total. The van der Waals surface area contributed by atoms with Gasteiger partial charge in [0.1, 0.15) is 10.6 Å². The maximum Gasteiger partial charge on any atom is 0.251 e. The molecule has 4 saturated carbocycles. The van der Waals surface area contributed by atoms with Crippen molar-refractivity contribution in [3.8, 4) is 5.75 Å². The van der Waals surface area contributed by atoms with Crippen LogP contribution in [0.25, 0.3) is 0 Å². The van der Waals surface area contributed by atoms with Crippen LogP contribution in [0.15, 0.2) is 23.1 Å². The molecule has 4 fully saturated rings. The van der Waals surface area contributed by atoms with E-state index in [-0.39, 0.29) is 28.0 Å². The average molecular weight is 421 g/mol. The van der Waals surface area contributed by atoms with E-state index in [0.29, 0.717) is 12.1 Å². The lowest BCUT2D eigenvalue weighted by atomic mass is 9.49. The molecule has 0 saturated heterocycles. The number of amides is 1. The molecular formula is C22H32N2O4S. The predicted octanol–water partition coefficient (Wildman–Crippen LogP) is 3.33. The van der Waals surface area contributed by atoms with Crippen LogP contribution in [0.4, 0.5) is 0 Å². The first-order valence-corrected chi connectivity index (χ1v) is 12.2. The summed E-state index contributed by atoms with van der Waals surface area (Å²) < 4.78 is 33.1. The fourth-order valence-electron chi connectivity index (χ4n) is 6.28. The molecule has 0 aromatic heterocycles. The highest BCUT2D eigenvalue weighted by Gasteiger charge is 2.50. The van der Waals surface area contributed by atoms with E-state index in [4.69, 9.17) is 4.74 Å². The third-order valence-corrected chi connectivity index (χ3v) is 8.57. The van der Waals surface area contributed by atoms with Crippen LogP contribution < -0.4 is 14.8 Å². The molecule has 0 heterocycles. The Bertz CT molecular complexity index is 859. The predicted molar refractivity (Wildman–Crippen MR) is 111 cm³/mol. The summed E-state index contributed by atoms with van der Waals surface area (Å²) >= 11 is 0. The third-order valence-electron chi connectivity index (χ3n) is 6.90. The van der Waals surface area contributed by atoms with Gasteiger partial charge in [-0.15, -0.1) is 0 Å². The van der Waals surface area contributed by atoms with Crippen LogP contribution in [0.1, 0.15) is 62.7 Å². The second-order valence-electron chi connectivity index (χ2n) is 9.74. The highest BCUT2D eigenvalue weighted by atomic mass is 32.2. The topological polar surface area (TPSA) is 84.5 Å². The number of benzene rings is 1. The van der Waals surface area contributed by atoms with Gasteiger partial charge in [-0.05, 0) is 93.7 Å². The van der Waals surface area contributed by atoms with E-state index in [2.05, 4.69) is 10.0 Å². The number of hydrogen-bond acceptors (Lipinski definition) is 4. The summed E-state index contributed by atoms with van der Waals surface area (Å²) in [6.45, 7) is 4.20. The standard InChI is InChI=1S/C22H32N2O4S/c1-14(2)24-29(26,27)20-9-18(4-5-19(20)28-3)21(25)23-13-22-10-15-6-16(11-22)8-17(7-15)12-22/h4-5,9,14-17,24H,6-8,10-13H2,1-3H3,(H,23,25). The fourth-order valence-corrected chi connectivity index (χ4v) is 7.72. The van der Waals surface area contributed by atoms with E-state index in [1.54, 1.807) is 26.0 Å². The lowest BCUT2D eigenvalue weighted by Gasteiger charge is -2.56. The second-order valence-corrected chi connectivity index (χ2v) is 11.4. The Morgan fingerprint density at radius 3 is 2.24 bits per heavy atom. The molecule has 0 spiro atoms. The van der Waals surface area contributed by atoms with Gasteiger partial charge in [-0.1, -0.05) is 0 Å². The molecule has 5 rings (SSSR count). The Morgan fingerprint density at radius 2 is 1.72 bits per heavy atom. The highest BCUT2D eigenvalue weighted by molar-refractivity contribution is 7.89. The van der Waals surface area contributed by atoms with Crippen molar-refractivity contribution in [2.45, 2.75) is 63.3 Å². The molecule has 4 bridgehead atoms. The van der Waals surface area contributed by atoms with Crippen LogP contribution in [-0.2, 0) is 10.0 Å². The van der Waals surface area contributed by atoms with Crippen LogP contribution in [0.3, 0.4) is 0 Å². The van der Waals surface area contributed by atoms with Gasteiger partial charge in [-0.2, -0.15) is 0 Å².